The highest BCUT2D eigenvalue weighted by Gasteiger charge is 2.35. The topological polar surface area (TPSA) is 89.3 Å². The summed E-state index contributed by atoms with van der Waals surface area (Å²) in [5.74, 6) is 2.78. The van der Waals surface area contributed by atoms with Crippen LogP contribution in [0.3, 0.4) is 0 Å². The highest BCUT2D eigenvalue weighted by Crippen LogP contribution is 2.37. The molecule has 3 aromatic rings. The second-order valence-electron chi connectivity index (χ2n) is 8.12. The third-order valence-electron chi connectivity index (χ3n) is 6.32. The first kappa shape index (κ1) is 20.7. The van der Waals surface area contributed by atoms with Crippen molar-refractivity contribution in [3.05, 3.63) is 59.0 Å². The number of halogens is 1. The number of anilines is 1. The Bertz CT molecular complexity index is 1130. The van der Waals surface area contributed by atoms with Crippen LogP contribution in [0.2, 0.25) is 5.02 Å². The van der Waals surface area contributed by atoms with Crippen LogP contribution in [-0.4, -0.2) is 55.9 Å². The standard InChI is InChI=1S/C22H24ClN7O2/c1-14-20-26-27-21(15-5-9-28(10-6-15)19-12-24-7-8-25-19)30(20)18-4-3-17(23)11-16(18)13-29(14)22(31)32-2/h3-4,7-8,11-12,14-15H,5-6,9-10,13H2,1-2H3. The number of benzene rings is 1. The van der Waals surface area contributed by atoms with Crippen molar-refractivity contribution < 1.29 is 9.53 Å². The first-order valence-corrected chi connectivity index (χ1v) is 11.0. The highest BCUT2D eigenvalue weighted by atomic mass is 35.5. The summed E-state index contributed by atoms with van der Waals surface area (Å²) in [6.07, 6.45) is 6.64. The summed E-state index contributed by atoms with van der Waals surface area (Å²) in [5.41, 5.74) is 1.89. The molecule has 0 radical (unpaired) electrons. The van der Waals surface area contributed by atoms with Crippen molar-refractivity contribution in [3.8, 4) is 5.69 Å². The minimum absolute atomic E-state index is 0.240. The Hall–Kier alpha value is -3.20. The number of amides is 1. The number of hydrogen-bond acceptors (Lipinski definition) is 7. The van der Waals surface area contributed by atoms with E-state index in [0.29, 0.717) is 11.6 Å². The highest BCUT2D eigenvalue weighted by molar-refractivity contribution is 6.30. The van der Waals surface area contributed by atoms with Crippen molar-refractivity contribution in [1.82, 2.24) is 29.6 Å². The van der Waals surface area contributed by atoms with E-state index in [4.69, 9.17) is 16.3 Å². The molecule has 2 aliphatic heterocycles. The number of methoxy groups -OCH3 is 1. The van der Waals surface area contributed by atoms with Gasteiger partial charge in [0.05, 0.1) is 31.6 Å². The number of nitrogens with zero attached hydrogens (tertiary/aromatic N) is 7. The number of fused-ring (bicyclic) bond motifs is 3. The normalized spacial score (nSPS) is 18.7. The molecule has 1 unspecified atom stereocenters. The predicted octanol–water partition coefficient (Wildman–Crippen LogP) is 3.74. The zero-order valence-corrected chi connectivity index (χ0v) is 18.7. The maximum atomic E-state index is 12.5. The molecule has 9 nitrogen and oxygen atoms in total. The van der Waals surface area contributed by atoms with Crippen LogP contribution in [0.4, 0.5) is 10.6 Å². The quantitative estimate of drug-likeness (QED) is 0.583. The van der Waals surface area contributed by atoms with Gasteiger partial charge < -0.3 is 9.64 Å². The van der Waals surface area contributed by atoms with Gasteiger partial charge in [-0.3, -0.25) is 14.5 Å². The molecule has 1 amide bonds. The molecule has 10 heteroatoms. The Labute approximate surface area is 191 Å². The van der Waals surface area contributed by atoms with E-state index in [1.807, 2.05) is 25.1 Å². The van der Waals surface area contributed by atoms with Gasteiger partial charge in [-0.1, -0.05) is 11.6 Å². The van der Waals surface area contributed by atoms with Crippen molar-refractivity contribution in [2.75, 3.05) is 25.1 Å². The SMILES string of the molecule is COC(=O)N1Cc2cc(Cl)ccc2-n2c(C3CCN(c4cnccn4)CC3)nnc2C1C. The third kappa shape index (κ3) is 3.56. The molecule has 4 heterocycles. The monoisotopic (exact) mass is 453 g/mol. The largest absolute Gasteiger partial charge is 0.453 e. The van der Waals surface area contributed by atoms with E-state index in [9.17, 15) is 4.79 Å². The summed E-state index contributed by atoms with van der Waals surface area (Å²) in [6.45, 7) is 4.06. The molecule has 0 aliphatic carbocycles. The minimum atomic E-state index is -0.404. The minimum Gasteiger partial charge on any atom is -0.453 e. The van der Waals surface area contributed by atoms with E-state index in [1.54, 1.807) is 23.5 Å². The molecule has 0 bridgehead atoms. The molecule has 0 N–H and O–H groups in total. The Kier molecular flexibility index (Phi) is 5.42. The van der Waals surface area contributed by atoms with Gasteiger partial charge in [0.1, 0.15) is 11.6 Å². The first-order valence-electron chi connectivity index (χ1n) is 10.7. The van der Waals surface area contributed by atoms with Crippen LogP contribution in [0.1, 0.15) is 48.9 Å². The summed E-state index contributed by atoms with van der Waals surface area (Å²) in [7, 11) is 1.39. The third-order valence-corrected chi connectivity index (χ3v) is 6.56. The Balaban J connectivity index is 1.50. The van der Waals surface area contributed by atoms with Gasteiger partial charge in [0.2, 0.25) is 0 Å². The summed E-state index contributed by atoms with van der Waals surface area (Å²) < 4.78 is 7.15. The number of carbonyl (C=O) groups is 1. The van der Waals surface area contributed by atoms with Crippen molar-refractivity contribution in [2.45, 2.75) is 38.3 Å². The number of hydrogen-bond donors (Lipinski definition) is 0. The molecule has 32 heavy (non-hydrogen) atoms. The molecular weight excluding hydrogens is 430 g/mol. The lowest BCUT2D eigenvalue weighted by molar-refractivity contribution is 0.103. The Morgan fingerprint density at radius 3 is 2.66 bits per heavy atom. The van der Waals surface area contributed by atoms with Gasteiger partial charge in [-0.2, -0.15) is 0 Å². The predicted molar refractivity (Wildman–Crippen MR) is 119 cm³/mol. The van der Waals surface area contributed by atoms with Crippen molar-refractivity contribution in [3.63, 3.8) is 0 Å². The Morgan fingerprint density at radius 2 is 1.94 bits per heavy atom. The first-order chi connectivity index (χ1) is 15.6. The fourth-order valence-electron chi connectivity index (χ4n) is 4.61. The van der Waals surface area contributed by atoms with Gasteiger partial charge in [-0.25, -0.2) is 9.78 Å². The second-order valence-corrected chi connectivity index (χ2v) is 8.56. The lowest BCUT2D eigenvalue weighted by atomic mass is 9.95. The molecule has 2 aromatic heterocycles. The van der Waals surface area contributed by atoms with Gasteiger partial charge in [-0.15, -0.1) is 10.2 Å². The lowest BCUT2D eigenvalue weighted by Crippen LogP contribution is -2.34. The van der Waals surface area contributed by atoms with E-state index in [0.717, 1.165) is 54.6 Å². The fraction of sp³-hybridized carbons (Fsp3) is 0.409. The molecule has 5 rings (SSSR count). The molecule has 1 atom stereocenters. The van der Waals surface area contributed by atoms with Crippen LogP contribution in [0.25, 0.3) is 5.69 Å². The summed E-state index contributed by atoms with van der Waals surface area (Å²) in [6, 6.07) is 5.45. The fourth-order valence-corrected chi connectivity index (χ4v) is 4.81. The van der Waals surface area contributed by atoms with E-state index in [2.05, 4.69) is 29.6 Å². The molecule has 1 fully saturated rings. The maximum absolute atomic E-state index is 12.5. The maximum Gasteiger partial charge on any atom is 0.410 e. The van der Waals surface area contributed by atoms with Gasteiger partial charge in [0.25, 0.3) is 0 Å². The second kappa shape index (κ2) is 8.38. The van der Waals surface area contributed by atoms with Crippen molar-refractivity contribution in [1.29, 1.82) is 0 Å². The van der Waals surface area contributed by atoms with Gasteiger partial charge in [-0.05, 0) is 43.5 Å². The van der Waals surface area contributed by atoms with Crippen LogP contribution >= 0.6 is 11.6 Å². The number of carbonyl (C=O) groups excluding carboxylic acids is 1. The number of aromatic nitrogens is 5. The van der Waals surface area contributed by atoms with Crippen LogP contribution < -0.4 is 4.90 Å². The lowest BCUT2D eigenvalue weighted by Gasteiger charge is -2.32. The Morgan fingerprint density at radius 1 is 1.16 bits per heavy atom. The number of piperidine rings is 1. The van der Waals surface area contributed by atoms with Crippen LogP contribution in [-0.2, 0) is 11.3 Å². The smallest absolute Gasteiger partial charge is 0.410 e. The molecule has 2 aliphatic rings. The zero-order valence-electron chi connectivity index (χ0n) is 18.0. The van der Waals surface area contributed by atoms with Crippen LogP contribution in [0.5, 0.6) is 0 Å². The molecular formula is C22H24ClN7O2. The molecule has 1 aromatic carbocycles. The van der Waals surface area contributed by atoms with Gasteiger partial charge in [0, 0.05) is 36.4 Å². The zero-order chi connectivity index (χ0) is 22.2. The summed E-state index contributed by atoms with van der Waals surface area (Å²) in [4.78, 5) is 25.0. The average Bonchev–Trinajstić information content (AvgIpc) is 3.22. The van der Waals surface area contributed by atoms with Crippen LogP contribution in [0.15, 0.2) is 36.8 Å². The van der Waals surface area contributed by atoms with E-state index in [-0.39, 0.29) is 12.0 Å². The number of rotatable bonds is 2. The van der Waals surface area contributed by atoms with E-state index < -0.39 is 6.09 Å². The summed E-state index contributed by atoms with van der Waals surface area (Å²) >= 11 is 6.30. The van der Waals surface area contributed by atoms with Crippen LogP contribution in [0, 0.1) is 0 Å². The number of ether oxygens (including phenoxy) is 1. The molecule has 166 valence electrons. The van der Waals surface area contributed by atoms with Crippen molar-refractivity contribution >= 4 is 23.5 Å². The van der Waals surface area contributed by atoms with E-state index in [1.165, 1.54) is 7.11 Å². The molecule has 0 spiro atoms. The van der Waals surface area contributed by atoms with Gasteiger partial charge >= 0.3 is 6.09 Å². The summed E-state index contributed by atoms with van der Waals surface area (Å²) in [5, 5.41) is 9.76. The molecule has 1 saturated heterocycles. The van der Waals surface area contributed by atoms with Gasteiger partial charge in [0.15, 0.2) is 5.82 Å². The van der Waals surface area contributed by atoms with Crippen molar-refractivity contribution in [2.24, 2.45) is 0 Å². The molecule has 0 saturated carbocycles. The van der Waals surface area contributed by atoms with E-state index >= 15 is 0 Å². The average molecular weight is 454 g/mol.